The van der Waals surface area contributed by atoms with E-state index in [4.69, 9.17) is 15.2 Å². The molecule has 8 atom stereocenters. The van der Waals surface area contributed by atoms with E-state index in [1.807, 2.05) is 60.5 Å². The summed E-state index contributed by atoms with van der Waals surface area (Å²) in [4.78, 5) is 60.7. The molecule has 0 bridgehead atoms. The van der Waals surface area contributed by atoms with Gasteiger partial charge in [-0.1, -0.05) is 67.0 Å². The van der Waals surface area contributed by atoms with Gasteiger partial charge >= 0.3 is 0 Å². The highest BCUT2D eigenvalue weighted by Gasteiger charge is 2.44. The zero-order chi connectivity index (χ0) is 41.6. The summed E-state index contributed by atoms with van der Waals surface area (Å²) in [6.45, 7) is 14.0. The molecule has 1 saturated carbocycles. The van der Waals surface area contributed by atoms with Crippen LogP contribution < -0.4 is 10.5 Å². The highest BCUT2D eigenvalue weighted by molar-refractivity contribution is 7.90. The Labute approximate surface area is 330 Å². The summed E-state index contributed by atoms with van der Waals surface area (Å²) in [5.41, 5.74) is 6.69. The van der Waals surface area contributed by atoms with Gasteiger partial charge in [0.05, 0.1) is 47.6 Å². The van der Waals surface area contributed by atoms with Crippen LogP contribution in [0.25, 0.3) is 0 Å². The molecule has 55 heavy (non-hydrogen) atoms. The number of Topliss-reactive ketones (excluding diaryl/α,β-unsaturated/α-hetero) is 1. The van der Waals surface area contributed by atoms with Crippen molar-refractivity contribution in [3.05, 3.63) is 29.8 Å². The number of nitrogens with two attached hydrogens (primary N) is 1. The molecule has 1 aliphatic carbocycles. The number of amides is 3. The van der Waals surface area contributed by atoms with Gasteiger partial charge in [0.15, 0.2) is 5.78 Å². The molecule has 3 amide bonds. The molecule has 1 heterocycles. The maximum absolute atomic E-state index is 14.3. The number of carbonyl (C=O) groups is 4. The molecule has 1 aromatic rings. The van der Waals surface area contributed by atoms with Gasteiger partial charge in [-0.2, -0.15) is 0 Å². The van der Waals surface area contributed by atoms with Crippen LogP contribution in [0.15, 0.2) is 29.2 Å². The summed E-state index contributed by atoms with van der Waals surface area (Å²) in [5, 5.41) is 0. The quantitative estimate of drug-likeness (QED) is 0.184. The van der Waals surface area contributed by atoms with Crippen LogP contribution >= 0.6 is 0 Å². The molecule has 1 saturated heterocycles. The number of methoxy groups -OCH3 is 2. The predicted octanol–water partition coefficient (Wildman–Crippen LogP) is 4.18. The SMILES string of the molecule is CC[C@H](C)[C@@H]([C@@H](CC(=O)N1CCC[C@H]1[C@H](OC)[C@@H](C)C(=O)NS(=O)(=O)c1ccc(C2(N)CC2)cc1)OC)N(C)C(=O)[C@@H](CC(=O)[C@H](C(C)C)N(C)C)C(C)C. The van der Waals surface area contributed by atoms with Crippen molar-refractivity contribution in [1.29, 1.82) is 0 Å². The van der Waals surface area contributed by atoms with Gasteiger partial charge in [0.1, 0.15) is 0 Å². The van der Waals surface area contributed by atoms with Crippen molar-refractivity contribution >= 4 is 33.5 Å². The summed E-state index contributed by atoms with van der Waals surface area (Å²) < 4.78 is 40.5. The fourth-order valence-electron chi connectivity index (χ4n) is 8.44. The Kier molecular flexibility index (Phi) is 16.5. The monoisotopic (exact) mass is 791 g/mol. The van der Waals surface area contributed by atoms with E-state index in [0.29, 0.717) is 19.4 Å². The van der Waals surface area contributed by atoms with Crippen LogP contribution in [0, 0.1) is 29.6 Å². The average Bonchev–Trinajstić information content (AvgIpc) is 3.69. The lowest BCUT2D eigenvalue weighted by Crippen LogP contribution is -2.54. The molecule has 0 radical (unpaired) electrons. The van der Waals surface area contributed by atoms with Gasteiger partial charge in [-0.15, -0.1) is 0 Å². The third kappa shape index (κ3) is 11.1. The summed E-state index contributed by atoms with van der Waals surface area (Å²) in [7, 11) is 4.33. The molecular formula is C41H69N5O8S. The van der Waals surface area contributed by atoms with E-state index >= 15 is 0 Å². The Morgan fingerprint density at radius 1 is 0.945 bits per heavy atom. The van der Waals surface area contributed by atoms with Gasteiger partial charge in [0.25, 0.3) is 10.0 Å². The number of carbonyl (C=O) groups excluding carboxylic acids is 4. The summed E-state index contributed by atoms with van der Waals surface area (Å²) in [5.74, 6) is -2.56. The molecule has 0 spiro atoms. The van der Waals surface area contributed by atoms with Crippen LogP contribution in [0.1, 0.15) is 99.0 Å². The highest BCUT2D eigenvalue weighted by Crippen LogP contribution is 2.42. The number of ether oxygens (including phenoxy) is 2. The van der Waals surface area contributed by atoms with Crippen molar-refractivity contribution in [1.82, 2.24) is 19.4 Å². The molecule has 14 heteroatoms. The summed E-state index contributed by atoms with van der Waals surface area (Å²) in [6, 6.07) is 5.02. The Morgan fingerprint density at radius 2 is 1.55 bits per heavy atom. The third-order valence-corrected chi connectivity index (χ3v) is 13.4. The number of nitrogens with zero attached hydrogens (tertiary/aromatic N) is 3. The zero-order valence-electron chi connectivity index (χ0n) is 35.3. The lowest BCUT2D eigenvalue weighted by Gasteiger charge is -2.41. The smallest absolute Gasteiger partial charge is 0.264 e. The molecule has 0 aromatic heterocycles. The van der Waals surface area contributed by atoms with E-state index in [-0.39, 0.29) is 59.1 Å². The van der Waals surface area contributed by atoms with Gasteiger partial charge in [0, 0.05) is 45.7 Å². The van der Waals surface area contributed by atoms with Crippen LogP contribution in [-0.4, -0.2) is 119 Å². The van der Waals surface area contributed by atoms with Crippen LogP contribution in [-0.2, 0) is 44.2 Å². The first kappa shape index (κ1) is 46.5. The lowest BCUT2D eigenvalue weighted by atomic mass is 9.83. The summed E-state index contributed by atoms with van der Waals surface area (Å²) >= 11 is 0. The maximum Gasteiger partial charge on any atom is 0.264 e. The topological polar surface area (TPSA) is 169 Å². The van der Waals surface area contributed by atoms with E-state index in [1.54, 1.807) is 43.0 Å². The van der Waals surface area contributed by atoms with E-state index in [9.17, 15) is 27.6 Å². The number of sulfonamides is 1. The van der Waals surface area contributed by atoms with Gasteiger partial charge in [-0.3, -0.25) is 24.1 Å². The molecule has 3 N–H and O–H groups in total. The lowest BCUT2D eigenvalue weighted by molar-refractivity contribution is -0.149. The van der Waals surface area contributed by atoms with E-state index in [2.05, 4.69) is 4.72 Å². The molecular weight excluding hydrogens is 723 g/mol. The van der Waals surface area contributed by atoms with Crippen molar-refractivity contribution in [2.75, 3.05) is 41.9 Å². The largest absolute Gasteiger partial charge is 0.379 e. The van der Waals surface area contributed by atoms with Crippen molar-refractivity contribution in [3.8, 4) is 0 Å². The molecule has 3 rings (SSSR count). The van der Waals surface area contributed by atoms with E-state index in [0.717, 1.165) is 24.8 Å². The number of rotatable bonds is 21. The Balaban J connectivity index is 1.77. The number of likely N-dealkylation sites (N-methyl/N-ethyl adjacent to an activating group) is 2. The van der Waals surface area contributed by atoms with E-state index < -0.39 is 57.6 Å². The average molecular weight is 792 g/mol. The fraction of sp³-hybridized carbons (Fsp3) is 0.756. The molecule has 1 aliphatic heterocycles. The van der Waals surface area contributed by atoms with Crippen LogP contribution in [0.4, 0.5) is 0 Å². The molecule has 0 unspecified atom stereocenters. The Morgan fingerprint density at radius 3 is 2.02 bits per heavy atom. The Hall–Kier alpha value is -2.91. The maximum atomic E-state index is 14.3. The number of hydrogen-bond acceptors (Lipinski definition) is 10. The van der Waals surface area contributed by atoms with Crippen LogP contribution in [0.5, 0.6) is 0 Å². The number of nitrogens with one attached hydrogen (secondary N) is 1. The van der Waals surface area contributed by atoms with Gasteiger partial charge in [-0.25, -0.2) is 13.1 Å². The first-order valence-corrected chi connectivity index (χ1v) is 21.4. The zero-order valence-corrected chi connectivity index (χ0v) is 36.1. The molecule has 1 aromatic carbocycles. The fourth-order valence-corrected chi connectivity index (χ4v) is 9.51. The van der Waals surface area contributed by atoms with Gasteiger partial charge in [0.2, 0.25) is 17.7 Å². The molecule has 2 fully saturated rings. The van der Waals surface area contributed by atoms with Crippen LogP contribution in [0.3, 0.4) is 0 Å². The van der Waals surface area contributed by atoms with Crippen molar-refractivity contribution < 1.29 is 37.1 Å². The van der Waals surface area contributed by atoms with Crippen molar-refractivity contribution in [2.24, 2.45) is 35.3 Å². The first-order valence-electron chi connectivity index (χ1n) is 19.9. The highest BCUT2D eigenvalue weighted by atomic mass is 32.2. The Bertz CT molecular complexity index is 1570. The normalized spacial score (nSPS) is 20.8. The standard InChI is InChI=1S/C41H69N5O8S/c1-13-27(6)37(45(10)40(50)31(25(2)3)23-33(47)36(26(4)5)44(8)9)34(53-11)24-35(48)46-22-14-15-32(46)38(54-12)28(7)39(49)43-55(51,52)30-18-16-29(17-19-30)41(42)20-21-41/h16-19,25-28,31-32,34,36-38H,13-15,20-24,42H2,1-12H3,(H,43,49)/t27-,28+,31-,32-,34+,36-,37-,38+/m0/s1. The minimum atomic E-state index is -4.17. The van der Waals surface area contributed by atoms with Gasteiger partial charge < -0.3 is 25.0 Å². The first-order chi connectivity index (χ1) is 25.6. The van der Waals surface area contributed by atoms with Crippen molar-refractivity contribution in [2.45, 2.75) is 134 Å². The van der Waals surface area contributed by atoms with Gasteiger partial charge in [-0.05, 0) is 75.2 Å². The summed E-state index contributed by atoms with van der Waals surface area (Å²) in [6.07, 6.45) is 2.31. The minimum absolute atomic E-state index is 0.0214. The number of likely N-dealkylation sites (tertiary alicyclic amines) is 1. The molecule has 2 aliphatic rings. The van der Waals surface area contributed by atoms with Crippen molar-refractivity contribution in [3.63, 3.8) is 0 Å². The minimum Gasteiger partial charge on any atom is -0.379 e. The number of ketones is 1. The van der Waals surface area contributed by atoms with E-state index in [1.165, 1.54) is 19.2 Å². The predicted molar refractivity (Wildman–Crippen MR) is 213 cm³/mol. The second-order valence-electron chi connectivity index (χ2n) is 16.9. The number of benzene rings is 1. The third-order valence-electron chi connectivity index (χ3n) is 12.1. The molecule has 13 nitrogen and oxygen atoms in total. The van der Waals surface area contributed by atoms with Crippen LogP contribution in [0.2, 0.25) is 0 Å². The second-order valence-corrected chi connectivity index (χ2v) is 18.6. The number of hydrogen-bond donors (Lipinski definition) is 2. The second kappa shape index (κ2) is 19.5. The molecule has 312 valence electrons.